The highest BCUT2D eigenvalue weighted by atomic mass is 79.9. The van der Waals surface area contributed by atoms with Gasteiger partial charge in [-0.05, 0) is 45.5 Å². The molecule has 0 saturated carbocycles. The number of rotatable bonds is 3. The second-order valence-electron chi connectivity index (χ2n) is 4.37. The minimum absolute atomic E-state index is 0.200. The highest BCUT2D eigenvalue weighted by molar-refractivity contribution is 9.10. The number of nitrogens with zero attached hydrogens (tertiary/aromatic N) is 3. The van der Waals surface area contributed by atoms with E-state index in [2.05, 4.69) is 51.5 Å². The zero-order valence-electron chi connectivity index (χ0n) is 11.0. The Kier molecular flexibility index (Phi) is 3.82. The first-order chi connectivity index (χ1) is 8.56. The van der Waals surface area contributed by atoms with Crippen molar-refractivity contribution in [2.45, 2.75) is 26.8 Å². The number of hydrogen-bond acceptors (Lipinski definition) is 3. The molecule has 0 bridgehead atoms. The summed E-state index contributed by atoms with van der Waals surface area (Å²) in [6.07, 6.45) is 0. The molecule has 5 heteroatoms. The monoisotopic (exact) mass is 308 g/mol. The Morgan fingerprint density at radius 1 is 1.33 bits per heavy atom. The molecule has 0 amide bonds. The van der Waals surface area contributed by atoms with E-state index in [4.69, 9.17) is 0 Å². The van der Waals surface area contributed by atoms with E-state index in [1.807, 2.05) is 30.8 Å². The summed E-state index contributed by atoms with van der Waals surface area (Å²) in [4.78, 5) is 0. The molecule has 0 radical (unpaired) electrons. The van der Waals surface area contributed by atoms with Crippen molar-refractivity contribution in [2.24, 2.45) is 0 Å². The molecule has 1 heterocycles. The van der Waals surface area contributed by atoms with Gasteiger partial charge in [0.1, 0.15) is 5.69 Å². The topological polar surface area (TPSA) is 42.7 Å². The van der Waals surface area contributed by atoms with Gasteiger partial charge in [-0.15, -0.1) is 5.10 Å². The van der Waals surface area contributed by atoms with E-state index in [1.165, 1.54) is 0 Å². The zero-order valence-corrected chi connectivity index (χ0v) is 12.6. The number of halogens is 1. The third-order valence-corrected chi connectivity index (χ3v) is 4.10. The van der Waals surface area contributed by atoms with Gasteiger partial charge in [0.05, 0.1) is 17.4 Å². The van der Waals surface area contributed by atoms with Gasteiger partial charge in [-0.25, -0.2) is 4.68 Å². The van der Waals surface area contributed by atoms with Crippen LogP contribution in [0.25, 0.3) is 5.69 Å². The van der Waals surface area contributed by atoms with E-state index < -0.39 is 0 Å². The van der Waals surface area contributed by atoms with Gasteiger partial charge in [-0.3, -0.25) is 0 Å². The van der Waals surface area contributed by atoms with Crippen LogP contribution in [-0.4, -0.2) is 22.0 Å². The number of aromatic nitrogens is 3. The van der Waals surface area contributed by atoms with Crippen LogP contribution < -0.4 is 5.32 Å². The summed E-state index contributed by atoms with van der Waals surface area (Å²) in [5.74, 6) is 0. The molecule has 0 aliphatic heterocycles. The third-order valence-electron chi connectivity index (χ3n) is 3.24. The minimum atomic E-state index is 0.200. The van der Waals surface area contributed by atoms with Gasteiger partial charge >= 0.3 is 0 Å². The molecule has 2 rings (SSSR count). The lowest BCUT2D eigenvalue weighted by Gasteiger charge is -2.10. The molecule has 1 atom stereocenters. The summed E-state index contributed by atoms with van der Waals surface area (Å²) in [5.41, 5.74) is 4.27. The lowest BCUT2D eigenvalue weighted by Crippen LogP contribution is -2.14. The Morgan fingerprint density at radius 2 is 2.06 bits per heavy atom. The molecule has 18 heavy (non-hydrogen) atoms. The summed E-state index contributed by atoms with van der Waals surface area (Å²) in [6.45, 7) is 6.19. The Labute approximate surface area is 116 Å². The first kappa shape index (κ1) is 13.2. The number of nitrogens with one attached hydrogen (secondary N) is 1. The molecular weight excluding hydrogens is 292 g/mol. The van der Waals surface area contributed by atoms with E-state index >= 15 is 0 Å². The Balaban J connectivity index is 2.52. The molecule has 1 unspecified atom stereocenters. The molecule has 0 saturated heterocycles. The number of benzene rings is 1. The molecule has 0 spiro atoms. The third kappa shape index (κ3) is 2.20. The van der Waals surface area contributed by atoms with Gasteiger partial charge in [-0.2, -0.15) is 0 Å². The molecule has 1 aromatic heterocycles. The van der Waals surface area contributed by atoms with Crippen LogP contribution in [0.4, 0.5) is 0 Å². The zero-order chi connectivity index (χ0) is 13.3. The average molecular weight is 309 g/mol. The van der Waals surface area contributed by atoms with Gasteiger partial charge < -0.3 is 5.32 Å². The van der Waals surface area contributed by atoms with E-state index in [-0.39, 0.29) is 6.04 Å². The SMILES string of the molecule is CNC(C)c1nnn(-c2cccc(Br)c2C)c1C. The molecule has 0 aliphatic carbocycles. The maximum absolute atomic E-state index is 4.27. The van der Waals surface area contributed by atoms with Gasteiger partial charge in [0.15, 0.2) is 0 Å². The van der Waals surface area contributed by atoms with E-state index in [1.54, 1.807) is 0 Å². The van der Waals surface area contributed by atoms with Crippen molar-refractivity contribution in [1.29, 1.82) is 0 Å². The van der Waals surface area contributed by atoms with Gasteiger partial charge in [0.25, 0.3) is 0 Å². The molecule has 1 aromatic carbocycles. The number of hydrogen-bond donors (Lipinski definition) is 1. The maximum atomic E-state index is 4.27. The summed E-state index contributed by atoms with van der Waals surface area (Å²) in [6, 6.07) is 6.29. The van der Waals surface area contributed by atoms with Gasteiger partial charge in [0.2, 0.25) is 0 Å². The molecule has 4 nitrogen and oxygen atoms in total. The standard InChI is InChI=1S/C13H17BrN4/c1-8-11(14)6-5-7-12(8)18-10(3)13(16-17-18)9(2)15-4/h5-7,9,15H,1-4H3. The molecule has 96 valence electrons. The van der Waals surface area contributed by atoms with E-state index in [0.29, 0.717) is 0 Å². The van der Waals surface area contributed by atoms with Crippen molar-refractivity contribution >= 4 is 15.9 Å². The van der Waals surface area contributed by atoms with Crippen molar-refractivity contribution in [3.8, 4) is 5.69 Å². The molecule has 0 aliphatic rings. The summed E-state index contributed by atoms with van der Waals surface area (Å²) in [5, 5.41) is 11.7. The molecular formula is C13H17BrN4. The summed E-state index contributed by atoms with van der Waals surface area (Å²) < 4.78 is 2.97. The lowest BCUT2D eigenvalue weighted by atomic mass is 10.1. The van der Waals surface area contributed by atoms with E-state index in [9.17, 15) is 0 Å². The van der Waals surface area contributed by atoms with Crippen LogP contribution in [0.5, 0.6) is 0 Å². The van der Waals surface area contributed by atoms with Crippen LogP contribution >= 0.6 is 15.9 Å². The lowest BCUT2D eigenvalue weighted by molar-refractivity contribution is 0.627. The second kappa shape index (κ2) is 5.20. The second-order valence-corrected chi connectivity index (χ2v) is 5.22. The fraction of sp³-hybridized carbons (Fsp3) is 0.385. The fourth-order valence-corrected chi connectivity index (χ4v) is 2.29. The van der Waals surface area contributed by atoms with Crippen molar-refractivity contribution in [3.05, 3.63) is 39.6 Å². The Morgan fingerprint density at radius 3 is 2.72 bits per heavy atom. The largest absolute Gasteiger partial charge is 0.312 e. The fourth-order valence-electron chi connectivity index (χ4n) is 1.93. The smallest absolute Gasteiger partial charge is 0.103 e. The summed E-state index contributed by atoms with van der Waals surface area (Å²) in [7, 11) is 1.92. The highest BCUT2D eigenvalue weighted by Gasteiger charge is 2.16. The van der Waals surface area contributed by atoms with Crippen LogP contribution in [-0.2, 0) is 0 Å². The molecule has 0 fully saturated rings. The van der Waals surface area contributed by atoms with Crippen molar-refractivity contribution < 1.29 is 0 Å². The van der Waals surface area contributed by atoms with Crippen molar-refractivity contribution in [3.63, 3.8) is 0 Å². The Bertz CT molecular complexity index is 562. The summed E-state index contributed by atoms with van der Waals surface area (Å²) >= 11 is 3.54. The van der Waals surface area contributed by atoms with Gasteiger partial charge in [-0.1, -0.05) is 27.2 Å². The highest BCUT2D eigenvalue weighted by Crippen LogP contribution is 2.24. The molecule has 1 N–H and O–H groups in total. The van der Waals surface area contributed by atoms with Crippen LogP contribution in [0.2, 0.25) is 0 Å². The van der Waals surface area contributed by atoms with Crippen LogP contribution in [0.15, 0.2) is 22.7 Å². The van der Waals surface area contributed by atoms with Gasteiger partial charge in [0, 0.05) is 4.47 Å². The first-order valence-electron chi connectivity index (χ1n) is 5.91. The molecule has 2 aromatic rings. The van der Waals surface area contributed by atoms with Crippen molar-refractivity contribution in [2.75, 3.05) is 7.05 Å². The maximum Gasteiger partial charge on any atom is 0.103 e. The predicted molar refractivity (Wildman–Crippen MR) is 76.0 cm³/mol. The quantitative estimate of drug-likeness (QED) is 0.948. The normalized spacial score (nSPS) is 12.7. The van der Waals surface area contributed by atoms with Crippen molar-refractivity contribution in [1.82, 2.24) is 20.3 Å². The average Bonchev–Trinajstić information content (AvgIpc) is 2.74. The Hall–Kier alpha value is -1.20. The van der Waals surface area contributed by atoms with Crippen LogP contribution in [0.1, 0.15) is 29.9 Å². The van der Waals surface area contributed by atoms with E-state index in [0.717, 1.165) is 27.1 Å². The van der Waals surface area contributed by atoms with Crippen LogP contribution in [0.3, 0.4) is 0 Å². The van der Waals surface area contributed by atoms with Crippen LogP contribution in [0, 0.1) is 13.8 Å². The predicted octanol–water partition coefficient (Wildman–Crippen LogP) is 2.93. The first-order valence-corrected chi connectivity index (χ1v) is 6.70. The minimum Gasteiger partial charge on any atom is -0.312 e.